The zero-order valence-electron chi connectivity index (χ0n) is 8.63. The summed E-state index contributed by atoms with van der Waals surface area (Å²) in [5.74, 6) is 0.753. The largest absolute Gasteiger partial charge is 0.394 e. The molecule has 5 heteroatoms. The molecule has 1 unspecified atom stereocenters. The van der Waals surface area contributed by atoms with E-state index in [-0.39, 0.29) is 12.6 Å². The Labute approximate surface area is 88.9 Å². The minimum Gasteiger partial charge on any atom is -0.394 e. The van der Waals surface area contributed by atoms with E-state index in [1.54, 1.807) is 6.20 Å². The smallest absolute Gasteiger partial charge is 0.155 e. The van der Waals surface area contributed by atoms with Crippen molar-refractivity contribution in [2.24, 2.45) is 0 Å². The molecule has 1 aliphatic heterocycles. The summed E-state index contributed by atoms with van der Waals surface area (Å²) in [4.78, 5) is 10.1. The molecule has 1 aliphatic rings. The number of aliphatic hydroxyl groups excluding tert-OH is 1. The Morgan fingerprint density at radius 2 is 2.40 bits per heavy atom. The van der Waals surface area contributed by atoms with Crippen LogP contribution in [0.15, 0.2) is 12.5 Å². The van der Waals surface area contributed by atoms with E-state index in [1.165, 1.54) is 6.33 Å². The number of piperidine rings is 1. The molecule has 1 saturated heterocycles. The Bertz CT molecular complexity index is 331. The van der Waals surface area contributed by atoms with Crippen molar-refractivity contribution in [1.29, 1.82) is 0 Å². The maximum Gasteiger partial charge on any atom is 0.155 e. The first-order valence-electron chi connectivity index (χ1n) is 5.26. The van der Waals surface area contributed by atoms with Crippen molar-refractivity contribution in [3.05, 3.63) is 12.5 Å². The first-order valence-corrected chi connectivity index (χ1v) is 5.26. The number of rotatable bonds is 2. The van der Waals surface area contributed by atoms with Gasteiger partial charge in [0, 0.05) is 6.54 Å². The van der Waals surface area contributed by atoms with Crippen molar-refractivity contribution in [2.75, 3.05) is 23.8 Å². The zero-order valence-corrected chi connectivity index (χ0v) is 8.63. The number of hydrogen-bond donors (Lipinski definition) is 2. The van der Waals surface area contributed by atoms with Crippen molar-refractivity contribution >= 4 is 11.5 Å². The number of anilines is 2. The third-order valence-electron chi connectivity index (χ3n) is 2.83. The first kappa shape index (κ1) is 10.2. The molecular formula is C10H16N4O. The van der Waals surface area contributed by atoms with E-state index in [2.05, 4.69) is 14.9 Å². The van der Waals surface area contributed by atoms with Crippen LogP contribution in [0.2, 0.25) is 0 Å². The average molecular weight is 208 g/mol. The van der Waals surface area contributed by atoms with Gasteiger partial charge in [-0.2, -0.15) is 0 Å². The Hall–Kier alpha value is -1.36. The Morgan fingerprint density at radius 1 is 1.53 bits per heavy atom. The molecule has 15 heavy (non-hydrogen) atoms. The number of nitrogen functional groups attached to an aromatic ring is 1. The standard InChI is InChI=1S/C10H16N4O/c11-9-5-12-7-13-10(9)14-4-2-1-3-8(14)6-15/h5,7-8,15H,1-4,6,11H2. The predicted octanol–water partition coefficient (Wildman–Crippen LogP) is 0.410. The van der Waals surface area contributed by atoms with Crippen LogP contribution >= 0.6 is 0 Å². The Kier molecular flexibility index (Phi) is 3.01. The van der Waals surface area contributed by atoms with E-state index in [0.717, 1.165) is 31.6 Å². The van der Waals surface area contributed by atoms with Crippen LogP contribution in [0.3, 0.4) is 0 Å². The van der Waals surface area contributed by atoms with Crippen LogP contribution < -0.4 is 10.6 Å². The fourth-order valence-corrected chi connectivity index (χ4v) is 2.04. The molecule has 0 bridgehead atoms. The zero-order chi connectivity index (χ0) is 10.7. The summed E-state index contributed by atoms with van der Waals surface area (Å²) in [5.41, 5.74) is 6.40. The maximum absolute atomic E-state index is 9.29. The highest BCUT2D eigenvalue weighted by Gasteiger charge is 2.24. The minimum atomic E-state index is 0.149. The summed E-state index contributed by atoms with van der Waals surface area (Å²) < 4.78 is 0. The third-order valence-corrected chi connectivity index (χ3v) is 2.83. The lowest BCUT2D eigenvalue weighted by Crippen LogP contribution is -2.42. The second-order valence-electron chi connectivity index (χ2n) is 3.83. The molecule has 3 N–H and O–H groups in total. The molecule has 0 aromatic carbocycles. The summed E-state index contributed by atoms with van der Waals surface area (Å²) in [7, 11) is 0. The fraction of sp³-hybridized carbons (Fsp3) is 0.600. The number of nitrogens with two attached hydrogens (primary N) is 1. The second-order valence-corrected chi connectivity index (χ2v) is 3.83. The highest BCUT2D eigenvalue weighted by molar-refractivity contribution is 5.61. The summed E-state index contributed by atoms with van der Waals surface area (Å²) in [6.07, 6.45) is 6.38. The van der Waals surface area contributed by atoms with Gasteiger partial charge in [-0.1, -0.05) is 0 Å². The van der Waals surface area contributed by atoms with Gasteiger partial charge in [-0.25, -0.2) is 9.97 Å². The highest BCUT2D eigenvalue weighted by atomic mass is 16.3. The average Bonchev–Trinajstić information content (AvgIpc) is 2.30. The molecule has 2 heterocycles. The van der Waals surface area contributed by atoms with Crippen LogP contribution in [0.5, 0.6) is 0 Å². The van der Waals surface area contributed by atoms with Crippen LogP contribution in [-0.2, 0) is 0 Å². The van der Waals surface area contributed by atoms with Gasteiger partial charge in [-0.15, -0.1) is 0 Å². The minimum absolute atomic E-state index is 0.149. The normalized spacial score (nSPS) is 21.7. The molecule has 1 aromatic heterocycles. The van der Waals surface area contributed by atoms with Crippen molar-refractivity contribution in [1.82, 2.24) is 9.97 Å². The number of hydrogen-bond acceptors (Lipinski definition) is 5. The maximum atomic E-state index is 9.29. The van der Waals surface area contributed by atoms with Crippen molar-refractivity contribution in [3.8, 4) is 0 Å². The lowest BCUT2D eigenvalue weighted by Gasteiger charge is -2.35. The molecule has 0 saturated carbocycles. The van der Waals surface area contributed by atoms with E-state index >= 15 is 0 Å². The summed E-state index contributed by atoms with van der Waals surface area (Å²) in [5, 5.41) is 9.29. The van der Waals surface area contributed by atoms with E-state index in [4.69, 9.17) is 5.73 Å². The molecule has 0 spiro atoms. The first-order chi connectivity index (χ1) is 7.33. The number of aromatic nitrogens is 2. The summed E-state index contributed by atoms with van der Waals surface area (Å²) in [6, 6.07) is 0.149. The predicted molar refractivity (Wildman–Crippen MR) is 58.5 cm³/mol. The number of aliphatic hydroxyl groups is 1. The SMILES string of the molecule is Nc1cncnc1N1CCCCC1CO. The van der Waals surface area contributed by atoms with E-state index in [9.17, 15) is 5.11 Å². The van der Waals surface area contributed by atoms with E-state index in [0.29, 0.717) is 5.69 Å². The molecule has 2 rings (SSSR count). The van der Waals surface area contributed by atoms with Crippen LogP contribution in [0.1, 0.15) is 19.3 Å². The van der Waals surface area contributed by atoms with Crippen LogP contribution in [0.4, 0.5) is 11.5 Å². The molecule has 0 amide bonds. The molecule has 5 nitrogen and oxygen atoms in total. The third kappa shape index (κ3) is 2.02. The molecular weight excluding hydrogens is 192 g/mol. The van der Waals surface area contributed by atoms with Crippen molar-refractivity contribution in [2.45, 2.75) is 25.3 Å². The molecule has 1 aromatic rings. The van der Waals surface area contributed by atoms with Crippen LogP contribution in [0, 0.1) is 0 Å². The van der Waals surface area contributed by atoms with Gasteiger partial charge in [0.1, 0.15) is 6.33 Å². The van der Waals surface area contributed by atoms with E-state index < -0.39 is 0 Å². The van der Waals surface area contributed by atoms with Gasteiger partial charge < -0.3 is 15.7 Å². The molecule has 0 radical (unpaired) electrons. The van der Waals surface area contributed by atoms with Crippen molar-refractivity contribution < 1.29 is 5.11 Å². The van der Waals surface area contributed by atoms with Gasteiger partial charge in [0.25, 0.3) is 0 Å². The van der Waals surface area contributed by atoms with Crippen molar-refractivity contribution in [3.63, 3.8) is 0 Å². The van der Waals surface area contributed by atoms with Gasteiger partial charge >= 0.3 is 0 Å². The van der Waals surface area contributed by atoms with E-state index in [1.807, 2.05) is 0 Å². The quantitative estimate of drug-likeness (QED) is 0.736. The highest BCUT2D eigenvalue weighted by Crippen LogP contribution is 2.26. The molecule has 1 atom stereocenters. The topological polar surface area (TPSA) is 75.3 Å². The summed E-state index contributed by atoms with van der Waals surface area (Å²) in [6.45, 7) is 1.07. The van der Waals surface area contributed by atoms with Gasteiger partial charge in [0.2, 0.25) is 0 Å². The Morgan fingerprint density at radius 3 is 3.13 bits per heavy atom. The molecule has 1 fully saturated rings. The lowest BCUT2D eigenvalue weighted by molar-refractivity contribution is 0.239. The van der Waals surface area contributed by atoms with Gasteiger partial charge in [0.15, 0.2) is 5.82 Å². The van der Waals surface area contributed by atoms with Gasteiger partial charge in [-0.05, 0) is 19.3 Å². The Balaban J connectivity index is 2.24. The van der Waals surface area contributed by atoms with Gasteiger partial charge in [0.05, 0.1) is 24.5 Å². The summed E-state index contributed by atoms with van der Waals surface area (Å²) >= 11 is 0. The van der Waals surface area contributed by atoms with Crippen LogP contribution in [-0.4, -0.2) is 34.3 Å². The second kappa shape index (κ2) is 4.44. The monoisotopic (exact) mass is 208 g/mol. The number of nitrogens with zero attached hydrogens (tertiary/aromatic N) is 3. The molecule has 0 aliphatic carbocycles. The fourth-order valence-electron chi connectivity index (χ4n) is 2.04. The van der Waals surface area contributed by atoms with Crippen LogP contribution in [0.25, 0.3) is 0 Å². The lowest BCUT2D eigenvalue weighted by atomic mass is 10.0. The molecule has 82 valence electrons. The van der Waals surface area contributed by atoms with Gasteiger partial charge in [-0.3, -0.25) is 0 Å².